The fraction of sp³-hybridized carbons (Fsp3) is 0.308. The number of anilines is 2. The van der Waals surface area contributed by atoms with E-state index in [0.29, 0.717) is 5.13 Å². The highest BCUT2D eigenvalue weighted by Gasteiger charge is 2.23. The number of fused-ring (bicyclic) bond motifs is 2. The molecule has 7 heteroatoms. The molecule has 0 spiro atoms. The van der Waals surface area contributed by atoms with Crippen LogP contribution < -0.4 is 10.6 Å². The van der Waals surface area contributed by atoms with E-state index in [9.17, 15) is 0 Å². The maximum Gasteiger partial charge on any atom is 0.180 e. The van der Waals surface area contributed by atoms with Gasteiger partial charge < -0.3 is 10.6 Å². The Morgan fingerprint density at radius 1 is 1.30 bits per heavy atom. The van der Waals surface area contributed by atoms with Crippen molar-refractivity contribution in [1.82, 2.24) is 15.0 Å². The van der Waals surface area contributed by atoms with Gasteiger partial charge in [-0.2, -0.15) is 0 Å². The highest BCUT2D eigenvalue weighted by Crippen LogP contribution is 2.34. The van der Waals surface area contributed by atoms with Crippen molar-refractivity contribution in [3.63, 3.8) is 0 Å². The smallest absolute Gasteiger partial charge is 0.180 e. The number of hydrogen-bond acceptors (Lipinski definition) is 7. The van der Waals surface area contributed by atoms with Crippen molar-refractivity contribution in [1.29, 1.82) is 0 Å². The molecule has 2 N–H and O–H groups in total. The lowest BCUT2D eigenvalue weighted by Crippen LogP contribution is -2.30. The van der Waals surface area contributed by atoms with Gasteiger partial charge in [0.1, 0.15) is 17.0 Å². The molecule has 1 aliphatic heterocycles. The van der Waals surface area contributed by atoms with Crippen molar-refractivity contribution in [3.8, 4) is 0 Å². The van der Waals surface area contributed by atoms with Gasteiger partial charge in [0.2, 0.25) is 0 Å². The average molecular weight is 303 g/mol. The SMILES string of the molecule is Cc1cc2c(N3CCc4nc(N)sc4C3)ncnc2s1. The van der Waals surface area contributed by atoms with Gasteiger partial charge in [0.15, 0.2) is 5.13 Å². The Kier molecular flexibility index (Phi) is 2.64. The highest BCUT2D eigenvalue weighted by molar-refractivity contribution is 7.18. The number of hydrogen-bond donors (Lipinski definition) is 1. The molecule has 0 aromatic carbocycles. The second-order valence-corrected chi connectivity index (χ2v) is 7.22. The molecule has 0 bridgehead atoms. The van der Waals surface area contributed by atoms with Crippen LogP contribution >= 0.6 is 22.7 Å². The van der Waals surface area contributed by atoms with Crippen LogP contribution in [0.2, 0.25) is 0 Å². The standard InChI is InChI=1S/C13H13N5S2/c1-7-4-8-11(15-6-16-12(8)19-7)18-3-2-9-10(5-18)20-13(14)17-9/h4,6H,2-3,5H2,1H3,(H2,14,17). The quantitative estimate of drug-likeness (QED) is 0.748. The van der Waals surface area contributed by atoms with E-state index in [-0.39, 0.29) is 0 Å². The summed E-state index contributed by atoms with van der Waals surface area (Å²) >= 11 is 3.30. The van der Waals surface area contributed by atoms with Crippen LogP contribution in [-0.4, -0.2) is 21.5 Å². The summed E-state index contributed by atoms with van der Waals surface area (Å²) in [5.41, 5.74) is 6.95. The number of aromatic nitrogens is 3. The van der Waals surface area contributed by atoms with Crippen LogP contribution in [0.3, 0.4) is 0 Å². The molecular weight excluding hydrogens is 290 g/mol. The van der Waals surface area contributed by atoms with Gasteiger partial charge in [0, 0.05) is 22.7 Å². The number of nitrogens with two attached hydrogens (primary N) is 1. The first-order valence-electron chi connectivity index (χ1n) is 6.41. The highest BCUT2D eigenvalue weighted by atomic mass is 32.1. The average Bonchev–Trinajstić information content (AvgIpc) is 2.97. The van der Waals surface area contributed by atoms with Crippen LogP contribution in [0.25, 0.3) is 10.2 Å². The van der Waals surface area contributed by atoms with Crippen LogP contribution in [0, 0.1) is 6.92 Å². The van der Waals surface area contributed by atoms with Gasteiger partial charge in [-0.15, -0.1) is 22.7 Å². The summed E-state index contributed by atoms with van der Waals surface area (Å²) in [4.78, 5) is 19.1. The minimum Gasteiger partial charge on any atom is -0.375 e. The van der Waals surface area contributed by atoms with Gasteiger partial charge >= 0.3 is 0 Å². The summed E-state index contributed by atoms with van der Waals surface area (Å²) in [6.07, 6.45) is 2.59. The Labute approximate surface area is 124 Å². The van der Waals surface area contributed by atoms with Crippen LogP contribution in [0.5, 0.6) is 0 Å². The van der Waals surface area contributed by atoms with E-state index >= 15 is 0 Å². The third kappa shape index (κ3) is 1.85. The molecule has 3 aromatic rings. The molecule has 20 heavy (non-hydrogen) atoms. The van der Waals surface area contributed by atoms with Gasteiger partial charge in [-0.3, -0.25) is 0 Å². The Bertz CT molecular complexity index is 791. The van der Waals surface area contributed by atoms with Crippen LogP contribution in [0.1, 0.15) is 15.4 Å². The molecule has 0 unspecified atom stereocenters. The molecule has 0 fully saturated rings. The summed E-state index contributed by atoms with van der Waals surface area (Å²) in [6.45, 7) is 3.87. The second-order valence-electron chi connectivity index (χ2n) is 4.87. The topological polar surface area (TPSA) is 67.9 Å². The second kappa shape index (κ2) is 4.39. The van der Waals surface area contributed by atoms with E-state index in [0.717, 1.165) is 41.2 Å². The number of rotatable bonds is 1. The van der Waals surface area contributed by atoms with E-state index in [1.807, 2.05) is 0 Å². The molecule has 0 aliphatic carbocycles. The molecule has 0 saturated heterocycles. The molecule has 0 radical (unpaired) electrons. The number of thiazole rings is 1. The third-order valence-corrected chi connectivity index (χ3v) is 5.35. The molecule has 0 atom stereocenters. The maximum absolute atomic E-state index is 5.80. The molecule has 102 valence electrons. The summed E-state index contributed by atoms with van der Waals surface area (Å²) in [5.74, 6) is 1.02. The van der Waals surface area contributed by atoms with Gasteiger partial charge in [0.25, 0.3) is 0 Å². The summed E-state index contributed by atoms with van der Waals surface area (Å²) in [7, 11) is 0. The Hall–Kier alpha value is -1.73. The molecule has 4 heterocycles. The van der Waals surface area contributed by atoms with Crippen molar-refractivity contribution in [2.75, 3.05) is 17.2 Å². The van der Waals surface area contributed by atoms with Gasteiger partial charge in [-0.05, 0) is 13.0 Å². The fourth-order valence-electron chi connectivity index (χ4n) is 2.61. The predicted octanol–water partition coefficient (Wildman–Crippen LogP) is 2.60. The molecule has 0 saturated carbocycles. The first-order valence-corrected chi connectivity index (χ1v) is 8.04. The minimum atomic E-state index is 0.663. The van der Waals surface area contributed by atoms with Crippen molar-refractivity contribution in [2.45, 2.75) is 19.9 Å². The summed E-state index contributed by atoms with van der Waals surface area (Å²) in [6, 6.07) is 2.17. The van der Waals surface area contributed by atoms with Crippen LogP contribution in [0.4, 0.5) is 10.9 Å². The number of nitrogens with zero attached hydrogens (tertiary/aromatic N) is 4. The van der Waals surface area contributed by atoms with Crippen molar-refractivity contribution in [3.05, 3.63) is 27.8 Å². The van der Waals surface area contributed by atoms with E-state index in [1.54, 1.807) is 29.0 Å². The fourth-order valence-corrected chi connectivity index (χ4v) is 4.35. The number of aryl methyl sites for hydroxylation is 1. The number of nitrogen functional groups attached to an aromatic ring is 1. The van der Waals surface area contributed by atoms with Crippen LogP contribution in [0.15, 0.2) is 12.4 Å². The lowest BCUT2D eigenvalue weighted by atomic mass is 10.1. The lowest BCUT2D eigenvalue weighted by Gasteiger charge is -2.27. The Morgan fingerprint density at radius 2 is 2.20 bits per heavy atom. The first kappa shape index (κ1) is 12.0. The minimum absolute atomic E-state index is 0.663. The molecule has 4 rings (SSSR count). The van der Waals surface area contributed by atoms with Gasteiger partial charge in [-0.1, -0.05) is 0 Å². The summed E-state index contributed by atoms with van der Waals surface area (Å²) < 4.78 is 0. The third-order valence-electron chi connectivity index (χ3n) is 3.48. The molecule has 0 amide bonds. The van der Waals surface area contributed by atoms with Crippen molar-refractivity contribution in [2.24, 2.45) is 0 Å². The van der Waals surface area contributed by atoms with Gasteiger partial charge in [-0.25, -0.2) is 15.0 Å². The Morgan fingerprint density at radius 3 is 3.10 bits per heavy atom. The summed E-state index contributed by atoms with van der Waals surface area (Å²) in [5, 5.41) is 1.81. The molecule has 3 aromatic heterocycles. The lowest BCUT2D eigenvalue weighted by molar-refractivity contribution is 0.721. The van der Waals surface area contributed by atoms with Crippen molar-refractivity contribution >= 4 is 43.8 Å². The molecule has 1 aliphatic rings. The normalized spacial score (nSPS) is 14.8. The number of thiophene rings is 1. The van der Waals surface area contributed by atoms with E-state index in [4.69, 9.17) is 5.73 Å². The van der Waals surface area contributed by atoms with E-state index < -0.39 is 0 Å². The monoisotopic (exact) mass is 303 g/mol. The van der Waals surface area contributed by atoms with E-state index in [2.05, 4.69) is 32.8 Å². The van der Waals surface area contributed by atoms with Crippen LogP contribution in [-0.2, 0) is 13.0 Å². The first-order chi connectivity index (χ1) is 9.70. The largest absolute Gasteiger partial charge is 0.375 e. The zero-order valence-corrected chi connectivity index (χ0v) is 12.6. The molecule has 5 nitrogen and oxygen atoms in total. The maximum atomic E-state index is 5.80. The van der Waals surface area contributed by atoms with E-state index in [1.165, 1.54) is 9.75 Å². The van der Waals surface area contributed by atoms with Gasteiger partial charge in [0.05, 0.1) is 17.6 Å². The zero-order chi connectivity index (χ0) is 13.7. The zero-order valence-electron chi connectivity index (χ0n) is 11.0. The predicted molar refractivity (Wildman–Crippen MR) is 83.4 cm³/mol. The van der Waals surface area contributed by atoms with Crippen molar-refractivity contribution < 1.29 is 0 Å². The molecular formula is C13H13N5S2. The Balaban J connectivity index is 1.77.